The van der Waals surface area contributed by atoms with Gasteiger partial charge in [-0.05, 0) is 6.07 Å². The molecule has 1 aromatic heterocycles. The van der Waals surface area contributed by atoms with Gasteiger partial charge in [-0.2, -0.15) is 5.26 Å². The zero-order valence-electron chi connectivity index (χ0n) is 8.45. The number of carbonyl (C=O) groups excluding carboxylic acids is 1. The monoisotopic (exact) mass is 234 g/mol. The highest BCUT2D eigenvalue weighted by Crippen LogP contribution is 2.05. The molecule has 16 heavy (non-hydrogen) atoms. The van der Waals surface area contributed by atoms with E-state index in [0.29, 0.717) is 11.3 Å². The summed E-state index contributed by atoms with van der Waals surface area (Å²) in [5.41, 5.74) is 0.143. The number of pyridine rings is 1. The summed E-state index contributed by atoms with van der Waals surface area (Å²) in [5, 5.41) is 8.44. The normalized spacial score (nSPS) is 8.81. The van der Waals surface area contributed by atoms with Crippen molar-refractivity contribution in [3.63, 3.8) is 0 Å². The van der Waals surface area contributed by atoms with Crippen molar-refractivity contribution < 1.29 is 9.18 Å². The molecule has 0 bridgehead atoms. The third-order valence-corrected chi connectivity index (χ3v) is 2.22. The lowest BCUT2D eigenvalue weighted by molar-refractivity contribution is -0.109. The summed E-state index contributed by atoms with van der Waals surface area (Å²) in [6.45, 7) is 1.45. The van der Waals surface area contributed by atoms with Crippen LogP contribution in [0.2, 0.25) is 0 Å². The van der Waals surface area contributed by atoms with Gasteiger partial charge >= 0.3 is 0 Å². The molecule has 1 rings (SSSR count). The number of hydrogen-bond donors (Lipinski definition) is 0. The SMILES string of the molecule is CC(=O)SCC#Cc1cnc(C#N)c(F)c1. The maximum Gasteiger partial charge on any atom is 0.186 e. The molecule has 0 spiro atoms. The first kappa shape index (κ1) is 12.2. The van der Waals surface area contributed by atoms with Gasteiger partial charge in [0.05, 0.1) is 5.75 Å². The number of aromatic nitrogens is 1. The van der Waals surface area contributed by atoms with E-state index in [4.69, 9.17) is 5.26 Å². The zero-order chi connectivity index (χ0) is 12.0. The Hall–Kier alpha value is -1.85. The van der Waals surface area contributed by atoms with Gasteiger partial charge in [0.2, 0.25) is 0 Å². The van der Waals surface area contributed by atoms with E-state index in [-0.39, 0.29) is 10.8 Å². The van der Waals surface area contributed by atoms with Gasteiger partial charge in [0.25, 0.3) is 0 Å². The largest absolute Gasteiger partial charge is 0.288 e. The summed E-state index contributed by atoms with van der Waals surface area (Å²) in [4.78, 5) is 14.2. The van der Waals surface area contributed by atoms with Gasteiger partial charge in [0.15, 0.2) is 16.6 Å². The predicted octanol–water partition coefficient (Wildman–Crippen LogP) is 1.72. The van der Waals surface area contributed by atoms with E-state index in [1.165, 1.54) is 13.1 Å². The molecule has 0 saturated carbocycles. The molecule has 0 unspecified atom stereocenters. The fourth-order valence-corrected chi connectivity index (χ4v) is 1.21. The molecule has 0 fully saturated rings. The van der Waals surface area contributed by atoms with Crippen molar-refractivity contribution in [3.05, 3.63) is 29.3 Å². The van der Waals surface area contributed by atoms with Crippen LogP contribution < -0.4 is 0 Å². The minimum absolute atomic E-state index is 0.0153. The van der Waals surface area contributed by atoms with E-state index in [0.717, 1.165) is 17.8 Å². The Morgan fingerprint density at radius 1 is 1.69 bits per heavy atom. The average molecular weight is 234 g/mol. The number of halogens is 1. The smallest absolute Gasteiger partial charge is 0.186 e. The molecule has 5 heteroatoms. The van der Waals surface area contributed by atoms with Crippen LogP contribution >= 0.6 is 11.8 Å². The molecule has 0 saturated heterocycles. The first-order valence-corrected chi connectivity index (χ1v) is 5.30. The van der Waals surface area contributed by atoms with Gasteiger partial charge in [-0.25, -0.2) is 9.37 Å². The number of carbonyl (C=O) groups is 1. The van der Waals surface area contributed by atoms with Crippen LogP contribution in [-0.4, -0.2) is 15.9 Å². The quantitative estimate of drug-likeness (QED) is 0.694. The Kier molecular flexibility index (Phi) is 4.50. The van der Waals surface area contributed by atoms with E-state index < -0.39 is 5.82 Å². The summed E-state index contributed by atoms with van der Waals surface area (Å²) in [7, 11) is 0. The molecule has 3 nitrogen and oxygen atoms in total. The van der Waals surface area contributed by atoms with Crippen LogP contribution in [0.15, 0.2) is 12.3 Å². The van der Waals surface area contributed by atoms with Gasteiger partial charge in [-0.1, -0.05) is 23.6 Å². The van der Waals surface area contributed by atoms with Crippen molar-refractivity contribution in [1.82, 2.24) is 4.98 Å². The molecule has 1 aromatic rings. The number of thioether (sulfide) groups is 1. The number of nitrogens with zero attached hydrogens (tertiary/aromatic N) is 2. The summed E-state index contributed by atoms with van der Waals surface area (Å²) >= 11 is 1.08. The molecular weight excluding hydrogens is 227 g/mol. The molecule has 0 amide bonds. The van der Waals surface area contributed by atoms with Gasteiger partial charge in [0, 0.05) is 18.7 Å². The lowest BCUT2D eigenvalue weighted by atomic mass is 10.2. The van der Waals surface area contributed by atoms with E-state index in [9.17, 15) is 9.18 Å². The maximum atomic E-state index is 13.1. The fraction of sp³-hybridized carbons (Fsp3) is 0.182. The van der Waals surface area contributed by atoms with Crippen LogP contribution in [0.3, 0.4) is 0 Å². The van der Waals surface area contributed by atoms with Crippen LogP contribution in [0.1, 0.15) is 18.2 Å². The molecule has 0 aliphatic rings. The van der Waals surface area contributed by atoms with Crippen molar-refractivity contribution in [3.8, 4) is 17.9 Å². The van der Waals surface area contributed by atoms with Crippen molar-refractivity contribution in [2.45, 2.75) is 6.92 Å². The van der Waals surface area contributed by atoms with Crippen molar-refractivity contribution in [1.29, 1.82) is 5.26 Å². The number of nitriles is 1. The minimum atomic E-state index is -0.687. The summed E-state index contributed by atoms with van der Waals surface area (Å²) < 4.78 is 13.1. The third kappa shape index (κ3) is 3.72. The van der Waals surface area contributed by atoms with E-state index >= 15 is 0 Å². The van der Waals surface area contributed by atoms with E-state index in [1.807, 2.05) is 0 Å². The second kappa shape index (κ2) is 5.89. The first-order valence-electron chi connectivity index (χ1n) is 4.31. The number of hydrogen-bond acceptors (Lipinski definition) is 4. The standard InChI is InChI=1S/C11H7FN2OS/c1-8(15)16-4-2-3-9-5-10(12)11(6-13)14-7-9/h5,7H,4H2,1H3. The highest BCUT2D eigenvalue weighted by atomic mass is 32.2. The van der Waals surface area contributed by atoms with Gasteiger partial charge in [0.1, 0.15) is 6.07 Å². The molecule has 0 aromatic carbocycles. The molecule has 0 atom stereocenters. The molecule has 0 N–H and O–H groups in total. The van der Waals surface area contributed by atoms with Gasteiger partial charge in [-0.15, -0.1) is 0 Å². The summed E-state index contributed by atoms with van der Waals surface area (Å²) in [6.07, 6.45) is 1.33. The Balaban J connectivity index is 2.72. The van der Waals surface area contributed by atoms with Gasteiger partial charge < -0.3 is 0 Å². The molecule has 0 aliphatic carbocycles. The lowest BCUT2D eigenvalue weighted by Crippen LogP contribution is -1.90. The topological polar surface area (TPSA) is 53.8 Å². The second-order valence-electron chi connectivity index (χ2n) is 2.75. The highest BCUT2D eigenvalue weighted by Gasteiger charge is 2.02. The molecular formula is C11H7FN2OS. The third-order valence-electron chi connectivity index (χ3n) is 1.53. The molecule has 0 radical (unpaired) electrons. The van der Waals surface area contributed by atoms with E-state index in [1.54, 1.807) is 6.07 Å². The minimum Gasteiger partial charge on any atom is -0.288 e. The lowest BCUT2D eigenvalue weighted by Gasteiger charge is -1.92. The molecule has 80 valence electrons. The van der Waals surface area contributed by atoms with Crippen molar-refractivity contribution in [2.24, 2.45) is 0 Å². The summed E-state index contributed by atoms with van der Waals surface area (Å²) in [6, 6.07) is 2.77. The summed E-state index contributed by atoms with van der Waals surface area (Å²) in [5.74, 6) is 5.03. The molecule has 0 aliphatic heterocycles. The Morgan fingerprint density at radius 2 is 2.44 bits per heavy atom. The van der Waals surface area contributed by atoms with Crippen molar-refractivity contribution >= 4 is 16.9 Å². The number of rotatable bonds is 1. The highest BCUT2D eigenvalue weighted by molar-refractivity contribution is 8.13. The Labute approximate surface area is 96.7 Å². The zero-order valence-corrected chi connectivity index (χ0v) is 9.27. The van der Waals surface area contributed by atoms with Crippen molar-refractivity contribution in [2.75, 3.05) is 5.75 Å². The van der Waals surface area contributed by atoms with Gasteiger partial charge in [-0.3, -0.25) is 4.79 Å². The fourth-order valence-electron chi connectivity index (χ4n) is 0.864. The first-order chi connectivity index (χ1) is 7.63. The molecule has 1 heterocycles. The van der Waals surface area contributed by atoms with Crippen LogP contribution in [-0.2, 0) is 4.79 Å². The van der Waals surface area contributed by atoms with Crippen LogP contribution in [0.4, 0.5) is 4.39 Å². The van der Waals surface area contributed by atoms with Crippen LogP contribution in [0, 0.1) is 29.0 Å². The van der Waals surface area contributed by atoms with Crippen LogP contribution in [0.5, 0.6) is 0 Å². The maximum absolute atomic E-state index is 13.1. The van der Waals surface area contributed by atoms with Crippen LogP contribution in [0.25, 0.3) is 0 Å². The predicted molar refractivity (Wildman–Crippen MR) is 58.9 cm³/mol. The Morgan fingerprint density at radius 3 is 3.00 bits per heavy atom. The van der Waals surface area contributed by atoms with E-state index in [2.05, 4.69) is 16.8 Å². The average Bonchev–Trinajstić information content (AvgIpc) is 2.24. The second-order valence-corrected chi connectivity index (χ2v) is 3.90. The Bertz CT molecular complexity index is 511.